The van der Waals surface area contributed by atoms with Crippen LogP contribution in [-0.2, 0) is 6.42 Å². The summed E-state index contributed by atoms with van der Waals surface area (Å²) in [4.78, 5) is 27.2. The van der Waals surface area contributed by atoms with Crippen LogP contribution < -0.4 is 9.64 Å². The van der Waals surface area contributed by atoms with E-state index in [4.69, 9.17) is 26.3 Å². The summed E-state index contributed by atoms with van der Waals surface area (Å²) in [6, 6.07) is 15.0. The molecule has 1 aliphatic rings. The van der Waals surface area contributed by atoms with Gasteiger partial charge in [0.1, 0.15) is 17.4 Å². The molecule has 4 aromatic rings. The van der Waals surface area contributed by atoms with Crippen molar-refractivity contribution in [2.24, 2.45) is 5.92 Å². The molecule has 0 N–H and O–H groups in total. The maximum atomic E-state index is 13.2. The minimum Gasteiger partial charge on any atom is -0.496 e. The molecule has 1 aliphatic heterocycles. The number of para-hydroxylation sites is 1. The highest BCUT2D eigenvalue weighted by Gasteiger charge is 2.27. The molecule has 1 fully saturated rings. The van der Waals surface area contributed by atoms with Crippen LogP contribution >= 0.6 is 11.6 Å². The van der Waals surface area contributed by atoms with E-state index in [9.17, 15) is 4.79 Å². The number of piperazine rings is 1. The van der Waals surface area contributed by atoms with E-state index < -0.39 is 0 Å². The Labute approximate surface area is 221 Å². The van der Waals surface area contributed by atoms with Gasteiger partial charge in [0.05, 0.1) is 29.9 Å². The van der Waals surface area contributed by atoms with Crippen molar-refractivity contribution in [1.29, 1.82) is 0 Å². The number of nitrogens with zero attached hydrogens (tertiary/aromatic N) is 6. The minimum atomic E-state index is -0.0173. The summed E-state index contributed by atoms with van der Waals surface area (Å²) >= 11 is 6.26. The minimum absolute atomic E-state index is 0.0173. The van der Waals surface area contributed by atoms with E-state index in [0.29, 0.717) is 48.4 Å². The van der Waals surface area contributed by atoms with Crippen LogP contribution in [0.15, 0.2) is 54.7 Å². The van der Waals surface area contributed by atoms with Gasteiger partial charge >= 0.3 is 0 Å². The van der Waals surface area contributed by atoms with Gasteiger partial charge < -0.3 is 14.5 Å². The van der Waals surface area contributed by atoms with Crippen LogP contribution in [0, 0.1) is 5.92 Å². The van der Waals surface area contributed by atoms with E-state index >= 15 is 0 Å². The number of anilines is 1. The average molecular weight is 519 g/mol. The lowest BCUT2D eigenvalue weighted by molar-refractivity contribution is 0.0743. The molecule has 37 heavy (non-hydrogen) atoms. The zero-order chi connectivity index (χ0) is 25.9. The quantitative estimate of drug-likeness (QED) is 0.341. The van der Waals surface area contributed by atoms with Gasteiger partial charge in [-0.15, -0.1) is 0 Å². The Hall–Kier alpha value is -3.65. The molecular formula is C28H31ClN6O2. The summed E-state index contributed by atoms with van der Waals surface area (Å²) in [6.07, 6.45) is 3.61. The topological polar surface area (TPSA) is 76.4 Å². The van der Waals surface area contributed by atoms with Crippen LogP contribution in [-0.4, -0.2) is 63.8 Å². The lowest BCUT2D eigenvalue weighted by atomic mass is 10.1. The second-order valence-corrected chi connectivity index (χ2v) is 10.1. The maximum absolute atomic E-state index is 13.2. The average Bonchev–Trinajstić information content (AvgIpc) is 3.35. The standard InChI is InChI=1S/C28H31ClN6O2/c1-19(2)11-12-25-31-26(23-18-30-35(27(23)32-25)21-8-6-7-20(29)17-21)33-13-15-34(16-14-33)28(36)22-9-4-5-10-24(22)37-3/h4-10,17-19H,11-16H2,1-3H3. The van der Waals surface area contributed by atoms with Crippen molar-refractivity contribution >= 4 is 34.4 Å². The number of ether oxygens (including phenoxy) is 1. The van der Waals surface area contributed by atoms with Crippen LogP contribution in [0.25, 0.3) is 16.7 Å². The van der Waals surface area contributed by atoms with E-state index in [2.05, 4.69) is 23.8 Å². The Morgan fingerprint density at radius 2 is 1.84 bits per heavy atom. The normalized spacial score (nSPS) is 14.0. The molecular weight excluding hydrogens is 488 g/mol. The number of hydrogen-bond acceptors (Lipinski definition) is 6. The predicted octanol–water partition coefficient (Wildman–Crippen LogP) is 5.03. The molecule has 0 unspecified atom stereocenters. The van der Waals surface area contributed by atoms with E-state index in [1.807, 2.05) is 64.3 Å². The second kappa shape index (κ2) is 10.8. The van der Waals surface area contributed by atoms with Crippen molar-refractivity contribution in [3.63, 3.8) is 0 Å². The first kappa shape index (κ1) is 25.0. The van der Waals surface area contributed by atoms with E-state index in [1.54, 1.807) is 7.11 Å². The van der Waals surface area contributed by atoms with Gasteiger partial charge in [-0.25, -0.2) is 14.6 Å². The van der Waals surface area contributed by atoms with Crippen molar-refractivity contribution in [2.45, 2.75) is 26.7 Å². The summed E-state index contributed by atoms with van der Waals surface area (Å²) in [5.41, 5.74) is 2.20. The second-order valence-electron chi connectivity index (χ2n) is 9.65. The SMILES string of the molecule is COc1ccccc1C(=O)N1CCN(c2nc(CCC(C)C)nc3c2cnn3-c2cccc(Cl)c2)CC1. The van der Waals surface area contributed by atoms with E-state index in [0.717, 1.165) is 41.2 Å². The lowest BCUT2D eigenvalue weighted by Crippen LogP contribution is -2.49. The fraction of sp³-hybridized carbons (Fsp3) is 0.357. The molecule has 0 bridgehead atoms. The summed E-state index contributed by atoms with van der Waals surface area (Å²) in [6.45, 7) is 6.91. The number of amides is 1. The number of halogens is 1. The molecule has 2 aromatic heterocycles. The lowest BCUT2D eigenvalue weighted by Gasteiger charge is -2.36. The van der Waals surface area contributed by atoms with Crippen molar-refractivity contribution in [3.8, 4) is 11.4 Å². The number of fused-ring (bicyclic) bond motifs is 1. The number of rotatable bonds is 7. The van der Waals surface area contributed by atoms with Crippen LogP contribution in [0.2, 0.25) is 5.02 Å². The van der Waals surface area contributed by atoms with Gasteiger partial charge in [0.25, 0.3) is 5.91 Å². The molecule has 0 aliphatic carbocycles. The van der Waals surface area contributed by atoms with Gasteiger partial charge in [-0.1, -0.05) is 43.6 Å². The largest absolute Gasteiger partial charge is 0.496 e. The Bertz CT molecular complexity index is 1410. The number of aryl methyl sites for hydroxylation is 1. The molecule has 1 saturated heterocycles. The third kappa shape index (κ3) is 5.25. The highest BCUT2D eigenvalue weighted by atomic mass is 35.5. The third-order valence-electron chi connectivity index (χ3n) is 6.66. The highest BCUT2D eigenvalue weighted by molar-refractivity contribution is 6.30. The fourth-order valence-electron chi connectivity index (χ4n) is 4.62. The number of hydrogen-bond donors (Lipinski definition) is 0. The van der Waals surface area contributed by atoms with Gasteiger partial charge in [-0.2, -0.15) is 5.10 Å². The zero-order valence-corrected chi connectivity index (χ0v) is 22.1. The zero-order valence-electron chi connectivity index (χ0n) is 21.4. The van der Waals surface area contributed by atoms with Crippen LogP contribution in [0.5, 0.6) is 5.75 Å². The third-order valence-corrected chi connectivity index (χ3v) is 6.89. The molecule has 9 heteroatoms. The first-order valence-electron chi connectivity index (χ1n) is 12.6. The Morgan fingerprint density at radius 3 is 2.57 bits per heavy atom. The molecule has 5 rings (SSSR count). The molecule has 2 aromatic carbocycles. The Morgan fingerprint density at radius 1 is 1.05 bits per heavy atom. The first-order valence-corrected chi connectivity index (χ1v) is 13.0. The predicted molar refractivity (Wildman–Crippen MR) is 146 cm³/mol. The molecule has 0 radical (unpaired) electrons. The molecule has 3 heterocycles. The molecule has 192 valence electrons. The summed E-state index contributed by atoms with van der Waals surface area (Å²) in [5, 5.41) is 6.18. The van der Waals surface area contributed by atoms with E-state index in [1.165, 1.54) is 0 Å². The smallest absolute Gasteiger partial charge is 0.257 e. The number of carbonyl (C=O) groups excluding carboxylic acids is 1. The molecule has 1 amide bonds. The van der Waals surface area contributed by atoms with Gasteiger partial charge in [-0.3, -0.25) is 4.79 Å². The van der Waals surface area contributed by atoms with Gasteiger partial charge in [-0.05, 0) is 42.7 Å². The molecule has 0 atom stereocenters. The number of methoxy groups -OCH3 is 1. The molecule has 8 nitrogen and oxygen atoms in total. The summed E-state index contributed by atoms with van der Waals surface area (Å²) < 4.78 is 7.23. The van der Waals surface area contributed by atoms with E-state index in [-0.39, 0.29) is 5.91 Å². The van der Waals surface area contributed by atoms with Gasteiger partial charge in [0.2, 0.25) is 0 Å². The first-order chi connectivity index (χ1) is 17.9. The molecule has 0 saturated carbocycles. The van der Waals surface area contributed by atoms with Crippen LogP contribution in [0.1, 0.15) is 36.5 Å². The van der Waals surface area contributed by atoms with Crippen LogP contribution in [0.3, 0.4) is 0 Å². The monoisotopic (exact) mass is 518 g/mol. The number of benzene rings is 2. The van der Waals surface area contributed by atoms with Crippen LogP contribution in [0.4, 0.5) is 5.82 Å². The maximum Gasteiger partial charge on any atom is 0.257 e. The number of aromatic nitrogens is 4. The van der Waals surface area contributed by atoms with Gasteiger partial charge in [0.15, 0.2) is 5.65 Å². The van der Waals surface area contributed by atoms with Crippen molar-refractivity contribution < 1.29 is 9.53 Å². The summed E-state index contributed by atoms with van der Waals surface area (Å²) in [5.74, 6) is 2.78. The summed E-state index contributed by atoms with van der Waals surface area (Å²) in [7, 11) is 1.59. The number of carbonyl (C=O) groups is 1. The van der Waals surface area contributed by atoms with Gasteiger partial charge in [0, 0.05) is 37.6 Å². The Balaban J connectivity index is 1.44. The molecule has 0 spiro atoms. The van der Waals surface area contributed by atoms with Crippen molar-refractivity contribution in [2.75, 3.05) is 38.2 Å². The Kier molecular flexibility index (Phi) is 7.28. The fourth-order valence-corrected chi connectivity index (χ4v) is 4.80. The van der Waals surface area contributed by atoms with Crippen molar-refractivity contribution in [1.82, 2.24) is 24.6 Å². The highest BCUT2D eigenvalue weighted by Crippen LogP contribution is 2.29. The van der Waals surface area contributed by atoms with Crippen molar-refractivity contribution in [3.05, 3.63) is 71.1 Å².